The van der Waals surface area contributed by atoms with Gasteiger partial charge in [0, 0.05) is 24.0 Å². The fourth-order valence-electron chi connectivity index (χ4n) is 1.62. The molecule has 7 nitrogen and oxygen atoms in total. The molecule has 1 N–H and O–H groups in total. The molecule has 2 aromatic rings. The molecule has 2 rings (SSSR count). The van der Waals surface area contributed by atoms with E-state index in [0.717, 1.165) is 0 Å². The molecule has 0 fully saturated rings. The van der Waals surface area contributed by atoms with Crippen molar-refractivity contribution in [3.05, 3.63) is 30.2 Å². The van der Waals surface area contributed by atoms with E-state index in [1.807, 2.05) is 0 Å². The van der Waals surface area contributed by atoms with Crippen LogP contribution in [0.15, 0.2) is 24.7 Å². The van der Waals surface area contributed by atoms with Gasteiger partial charge in [-0.05, 0) is 20.8 Å². The summed E-state index contributed by atoms with van der Waals surface area (Å²) in [5.74, 6) is 0. The smallest absolute Gasteiger partial charge is 0.408 e. The molecule has 0 saturated carbocycles. The second-order valence-corrected chi connectivity index (χ2v) is 5.28. The molecule has 1 atom stereocenters. The summed E-state index contributed by atoms with van der Waals surface area (Å²) in [6, 6.07) is 0.909. The molecule has 0 aliphatic rings. The van der Waals surface area contributed by atoms with Crippen molar-refractivity contribution in [2.45, 2.75) is 32.4 Å². The summed E-state index contributed by atoms with van der Waals surface area (Å²) in [5, 5.41) is 6.51. The van der Waals surface area contributed by atoms with Crippen molar-refractivity contribution in [3.8, 4) is 0 Å². The van der Waals surface area contributed by atoms with Gasteiger partial charge in [0.05, 0.1) is 6.20 Å². The van der Waals surface area contributed by atoms with Gasteiger partial charge in [-0.15, -0.1) is 0 Å². The van der Waals surface area contributed by atoms with Crippen LogP contribution in [0.5, 0.6) is 0 Å². The molecule has 0 radical (unpaired) electrons. The lowest BCUT2D eigenvalue weighted by Crippen LogP contribution is -2.35. The van der Waals surface area contributed by atoms with Crippen LogP contribution in [0, 0.1) is 0 Å². The normalized spacial score (nSPS) is 12.9. The predicted octanol–water partition coefficient (Wildman–Crippen LogP) is 1.49. The summed E-state index contributed by atoms with van der Waals surface area (Å²) >= 11 is 0. The molecule has 2 heterocycles. The van der Waals surface area contributed by atoms with E-state index < -0.39 is 17.7 Å². The fourth-order valence-corrected chi connectivity index (χ4v) is 1.62. The number of nitrogens with zero attached hydrogens (tertiary/aromatic N) is 3. The third kappa shape index (κ3) is 3.31. The molecule has 0 bridgehead atoms. The molecule has 2 aromatic heterocycles. The summed E-state index contributed by atoms with van der Waals surface area (Å²) in [5.41, 5.74) is 0.569. The monoisotopic (exact) mass is 276 g/mol. The number of rotatable bonds is 3. The Labute approximate surface area is 115 Å². The zero-order valence-corrected chi connectivity index (χ0v) is 11.5. The average Bonchev–Trinajstić information content (AvgIpc) is 2.80. The molecule has 1 amide bonds. The van der Waals surface area contributed by atoms with Crippen LogP contribution in [-0.2, 0) is 9.53 Å². The molecule has 0 saturated heterocycles. The second kappa shape index (κ2) is 5.28. The van der Waals surface area contributed by atoms with Gasteiger partial charge in [0.2, 0.25) is 0 Å². The molecule has 7 heteroatoms. The number of hydrogen-bond acceptors (Lipinski definition) is 5. The number of hydrogen-bond donors (Lipinski definition) is 1. The summed E-state index contributed by atoms with van der Waals surface area (Å²) in [4.78, 5) is 27.0. The van der Waals surface area contributed by atoms with E-state index in [1.54, 1.807) is 39.2 Å². The lowest BCUT2D eigenvalue weighted by Gasteiger charge is -2.21. The van der Waals surface area contributed by atoms with Gasteiger partial charge in [-0.2, -0.15) is 5.10 Å². The molecular weight excluding hydrogens is 260 g/mol. The first kappa shape index (κ1) is 14.0. The van der Waals surface area contributed by atoms with Crippen molar-refractivity contribution in [2.24, 2.45) is 0 Å². The standard InChI is InChI=1S/C13H16N4O3/c1-13(2,3)20-12(19)16-10(8-18)9-6-14-11-4-5-15-17(11)7-9/h4-8,10H,1-3H3,(H,16,19). The van der Waals surface area contributed by atoms with Crippen molar-refractivity contribution in [2.75, 3.05) is 0 Å². The maximum absolute atomic E-state index is 11.7. The first-order chi connectivity index (χ1) is 9.39. The van der Waals surface area contributed by atoms with E-state index in [4.69, 9.17) is 4.74 Å². The van der Waals surface area contributed by atoms with E-state index >= 15 is 0 Å². The van der Waals surface area contributed by atoms with Gasteiger partial charge in [-0.25, -0.2) is 14.3 Å². The van der Waals surface area contributed by atoms with Crippen LogP contribution in [0.25, 0.3) is 5.65 Å². The number of ether oxygens (including phenoxy) is 1. The highest BCUT2D eigenvalue weighted by atomic mass is 16.6. The zero-order chi connectivity index (χ0) is 14.8. The minimum atomic E-state index is -0.828. The molecule has 1 unspecified atom stereocenters. The van der Waals surface area contributed by atoms with Crippen LogP contribution in [0.3, 0.4) is 0 Å². The van der Waals surface area contributed by atoms with Gasteiger partial charge in [-0.3, -0.25) is 0 Å². The van der Waals surface area contributed by atoms with Crippen LogP contribution in [-0.4, -0.2) is 32.6 Å². The lowest BCUT2D eigenvalue weighted by molar-refractivity contribution is -0.109. The van der Waals surface area contributed by atoms with Crippen LogP contribution < -0.4 is 5.32 Å². The van der Waals surface area contributed by atoms with Crippen LogP contribution >= 0.6 is 0 Å². The largest absolute Gasteiger partial charge is 0.444 e. The highest BCUT2D eigenvalue weighted by Crippen LogP contribution is 2.12. The van der Waals surface area contributed by atoms with Gasteiger partial charge in [0.25, 0.3) is 0 Å². The van der Waals surface area contributed by atoms with E-state index in [0.29, 0.717) is 17.5 Å². The van der Waals surface area contributed by atoms with E-state index in [2.05, 4.69) is 15.4 Å². The second-order valence-electron chi connectivity index (χ2n) is 5.28. The van der Waals surface area contributed by atoms with E-state index in [-0.39, 0.29) is 0 Å². The van der Waals surface area contributed by atoms with Crippen molar-refractivity contribution in [1.29, 1.82) is 0 Å². The Kier molecular flexibility index (Phi) is 3.69. The summed E-state index contributed by atoms with van der Waals surface area (Å²) in [6.07, 6.45) is 4.72. The molecule has 20 heavy (non-hydrogen) atoms. The number of alkyl carbamates (subject to hydrolysis) is 1. The van der Waals surface area contributed by atoms with Gasteiger partial charge in [0.1, 0.15) is 17.9 Å². The number of carbonyl (C=O) groups excluding carboxylic acids is 2. The lowest BCUT2D eigenvalue weighted by atomic mass is 10.2. The fraction of sp³-hybridized carbons (Fsp3) is 0.385. The van der Waals surface area contributed by atoms with Gasteiger partial charge < -0.3 is 14.8 Å². The average molecular weight is 276 g/mol. The third-order valence-corrected chi connectivity index (χ3v) is 2.43. The minimum absolute atomic E-state index is 0.530. The summed E-state index contributed by atoms with van der Waals surface area (Å²) in [6.45, 7) is 5.25. The Morgan fingerprint density at radius 2 is 2.25 bits per heavy atom. The molecule has 0 spiro atoms. The molecular formula is C13H16N4O3. The molecule has 0 aromatic carbocycles. The number of amides is 1. The number of aldehydes is 1. The Morgan fingerprint density at radius 1 is 1.50 bits per heavy atom. The van der Waals surface area contributed by atoms with Gasteiger partial charge in [0.15, 0.2) is 5.65 Å². The van der Waals surface area contributed by atoms with Crippen molar-refractivity contribution < 1.29 is 14.3 Å². The number of nitrogens with one attached hydrogen (secondary N) is 1. The molecule has 0 aliphatic carbocycles. The summed E-state index contributed by atoms with van der Waals surface area (Å²) in [7, 11) is 0. The van der Waals surface area contributed by atoms with Crippen molar-refractivity contribution in [3.63, 3.8) is 0 Å². The summed E-state index contributed by atoms with van der Waals surface area (Å²) < 4.78 is 6.64. The maximum Gasteiger partial charge on any atom is 0.408 e. The zero-order valence-electron chi connectivity index (χ0n) is 11.5. The van der Waals surface area contributed by atoms with Crippen LogP contribution in [0.2, 0.25) is 0 Å². The van der Waals surface area contributed by atoms with Gasteiger partial charge in [-0.1, -0.05) is 0 Å². The van der Waals surface area contributed by atoms with Crippen molar-refractivity contribution in [1.82, 2.24) is 19.9 Å². The number of fused-ring (bicyclic) bond motifs is 1. The van der Waals surface area contributed by atoms with Crippen LogP contribution in [0.4, 0.5) is 4.79 Å². The first-order valence-corrected chi connectivity index (χ1v) is 6.13. The Balaban J connectivity index is 2.15. The van der Waals surface area contributed by atoms with Crippen molar-refractivity contribution >= 4 is 18.0 Å². The highest BCUT2D eigenvalue weighted by molar-refractivity contribution is 5.74. The number of carbonyl (C=O) groups is 2. The topological polar surface area (TPSA) is 85.6 Å². The SMILES string of the molecule is CC(C)(C)OC(=O)NC(C=O)c1cnc2ccnn2c1. The third-order valence-electron chi connectivity index (χ3n) is 2.43. The Hall–Kier alpha value is -2.44. The Morgan fingerprint density at radius 3 is 2.90 bits per heavy atom. The molecule has 0 aliphatic heterocycles. The van der Waals surface area contributed by atoms with Crippen LogP contribution in [0.1, 0.15) is 32.4 Å². The van der Waals surface area contributed by atoms with E-state index in [9.17, 15) is 9.59 Å². The van der Waals surface area contributed by atoms with E-state index in [1.165, 1.54) is 10.7 Å². The van der Waals surface area contributed by atoms with Gasteiger partial charge >= 0.3 is 6.09 Å². The molecule has 106 valence electrons. The predicted molar refractivity (Wildman–Crippen MR) is 71.2 cm³/mol. The Bertz CT molecular complexity index is 630. The number of aromatic nitrogens is 3. The quantitative estimate of drug-likeness (QED) is 0.858. The maximum atomic E-state index is 11.7. The minimum Gasteiger partial charge on any atom is -0.444 e. The highest BCUT2D eigenvalue weighted by Gasteiger charge is 2.20. The first-order valence-electron chi connectivity index (χ1n) is 6.13.